The molecular weight excluding hydrogens is 416 g/mol. The summed E-state index contributed by atoms with van der Waals surface area (Å²) >= 11 is 0. The van der Waals surface area contributed by atoms with Gasteiger partial charge in [-0.2, -0.15) is 0 Å². The highest BCUT2D eigenvalue weighted by atomic mass is 16.5. The Balaban J connectivity index is 1.23. The Labute approximate surface area is 191 Å². The van der Waals surface area contributed by atoms with Crippen molar-refractivity contribution in [1.29, 1.82) is 0 Å². The fourth-order valence-corrected chi connectivity index (χ4v) is 4.57. The number of hydrogen-bond acceptors (Lipinski definition) is 6. The number of anilines is 1. The quantitative estimate of drug-likeness (QED) is 0.438. The van der Waals surface area contributed by atoms with E-state index in [2.05, 4.69) is 32.1 Å². The Morgan fingerprint density at radius 2 is 1.85 bits per heavy atom. The summed E-state index contributed by atoms with van der Waals surface area (Å²) in [6.07, 6.45) is 9.67. The Bertz CT molecular complexity index is 1300. The second-order valence-electron chi connectivity index (χ2n) is 8.81. The highest BCUT2D eigenvalue weighted by Gasteiger charge is 2.15. The molecule has 0 aliphatic heterocycles. The third-order valence-electron chi connectivity index (χ3n) is 6.36. The van der Waals surface area contributed by atoms with Crippen molar-refractivity contribution in [3.8, 4) is 11.6 Å². The van der Waals surface area contributed by atoms with E-state index in [1.54, 1.807) is 19.2 Å². The van der Waals surface area contributed by atoms with Crippen molar-refractivity contribution in [2.75, 3.05) is 5.73 Å². The molecule has 1 aliphatic rings. The van der Waals surface area contributed by atoms with Crippen molar-refractivity contribution in [2.24, 2.45) is 5.92 Å². The number of pyridine rings is 1. The summed E-state index contributed by atoms with van der Waals surface area (Å²) in [5, 5.41) is 0. The van der Waals surface area contributed by atoms with Crippen LogP contribution in [0.4, 0.5) is 5.82 Å². The molecule has 3 heterocycles. The number of nitrogens with two attached hydrogens (primary N) is 1. The molecule has 3 N–H and O–H groups in total. The fourth-order valence-electron chi connectivity index (χ4n) is 4.57. The number of nitrogens with one attached hydrogen (secondary N) is 1. The SMILES string of the molecule is Cc1nc(N)c2[nH]c(=O)n(Cc3ccc(Oc4ccc(CCC5CCCC5)cc4)nc3)c2n1. The molecule has 0 radical (unpaired) electrons. The minimum absolute atomic E-state index is 0.264. The molecule has 1 saturated carbocycles. The molecule has 1 aliphatic carbocycles. The monoisotopic (exact) mass is 444 g/mol. The van der Waals surface area contributed by atoms with Crippen molar-refractivity contribution in [1.82, 2.24) is 24.5 Å². The molecule has 0 saturated heterocycles. The van der Waals surface area contributed by atoms with Crippen molar-refractivity contribution in [3.63, 3.8) is 0 Å². The summed E-state index contributed by atoms with van der Waals surface area (Å²) in [5.74, 6) is 2.94. The van der Waals surface area contributed by atoms with Gasteiger partial charge in [-0.05, 0) is 48.9 Å². The van der Waals surface area contributed by atoms with E-state index in [0.29, 0.717) is 29.4 Å². The second kappa shape index (κ2) is 9.05. The number of hydrogen-bond donors (Lipinski definition) is 2. The Morgan fingerprint density at radius 3 is 2.58 bits per heavy atom. The third-order valence-corrected chi connectivity index (χ3v) is 6.36. The maximum absolute atomic E-state index is 12.4. The van der Waals surface area contributed by atoms with Gasteiger partial charge in [-0.3, -0.25) is 4.57 Å². The lowest BCUT2D eigenvalue weighted by molar-refractivity contribution is 0.461. The topological polar surface area (TPSA) is 112 Å². The number of nitrogens with zero attached hydrogens (tertiary/aromatic N) is 4. The fraction of sp³-hybridized carbons (Fsp3) is 0.360. The van der Waals surface area contributed by atoms with Gasteiger partial charge in [-0.15, -0.1) is 0 Å². The minimum atomic E-state index is -0.287. The van der Waals surface area contributed by atoms with Crippen LogP contribution in [0.5, 0.6) is 11.6 Å². The number of fused-ring (bicyclic) bond motifs is 1. The summed E-state index contributed by atoms with van der Waals surface area (Å²) in [6, 6.07) is 12.0. The number of aryl methyl sites for hydroxylation is 2. The third kappa shape index (κ3) is 4.74. The molecule has 8 heteroatoms. The van der Waals surface area contributed by atoms with Gasteiger partial charge in [0, 0.05) is 12.3 Å². The van der Waals surface area contributed by atoms with Crippen LogP contribution >= 0.6 is 0 Å². The van der Waals surface area contributed by atoms with Crippen LogP contribution in [0, 0.1) is 12.8 Å². The predicted octanol–water partition coefficient (Wildman–Crippen LogP) is 4.37. The zero-order valence-corrected chi connectivity index (χ0v) is 18.8. The number of rotatable bonds is 7. The number of aromatic amines is 1. The number of aromatic nitrogens is 5. The van der Waals surface area contributed by atoms with Crippen LogP contribution in [0.3, 0.4) is 0 Å². The second-order valence-corrected chi connectivity index (χ2v) is 8.81. The van der Waals surface area contributed by atoms with Gasteiger partial charge in [0.15, 0.2) is 11.5 Å². The molecule has 33 heavy (non-hydrogen) atoms. The molecule has 3 aromatic heterocycles. The van der Waals surface area contributed by atoms with E-state index in [9.17, 15) is 4.79 Å². The lowest BCUT2D eigenvalue weighted by atomic mass is 9.98. The summed E-state index contributed by atoms with van der Waals surface area (Å²) in [6.45, 7) is 2.06. The van der Waals surface area contributed by atoms with Crippen LogP contribution in [0.2, 0.25) is 0 Å². The van der Waals surface area contributed by atoms with E-state index in [-0.39, 0.29) is 11.5 Å². The molecule has 5 rings (SSSR count). The Morgan fingerprint density at radius 1 is 1.09 bits per heavy atom. The maximum atomic E-state index is 12.4. The highest BCUT2D eigenvalue weighted by Crippen LogP contribution is 2.29. The largest absolute Gasteiger partial charge is 0.439 e. The van der Waals surface area contributed by atoms with E-state index in [1.807, 2.05) is 18.2 Å². The van der Waals surface area contributed by atoms with Crippen LogP contribution < -0.4 is 16.2 Å². The van der Waals surface area contributed by atoms with Gasteiger partial charge in [-0.25, -0.2) is 19.7 Å². The van der Waals surface area contributed by atoms with Crippen molar-refractivity contribution in [2.45, 2.75) is 52.0 Å². The first-order valence-electron chi connectivity index (χ1n) is 11.5. The van der Waals surface area contributed by atoms with E-state index in [0.717, 1.165) is 23.7 Å². The van der Waals surface area contributed by atoms with E-state index < -0.39 is 0 Å². The van der Waals surface area contributed by atoms with Crippen molar-refractivity contribution >= 4 is 17.0 Å². The van der Waals surface area contributed by atoms with Gasteiger partial charge in [0.2, 0.25) is 5.88 Å². The Hall–Kier alpha value is -3.68. The first-order valence-corrected chi connectivity index (χ1v) is 11.5. The van der Waals surface area contributed by atoms with Gasteiger partial charge in [0.1, 0.15) is 17.1 Å². The van der Waals surface area contributed by atoms with E-state index in [1.165, 1.54) is 42.2 Å². The molecule has 1 fully saturated rings. The first kappa shape index (κ1) is 21.2. The van der Waals surface area contributed by atoms with Crippen LogP contribution in [-0.2, 0) is 13.0 Å². The molecule has 0 unspecified atom stereocenters. The summed E-state index contributed by atoms with van der Waals surface area (Å²) in [7, 11) is 0. The van der Waals surface area contributed by atoms with Crippen LogP contribution in [0.1, 0.15) is 49.1 Å². The molecule has 0 atom stereocenters. The number of H-pyrrole nitrogens is 1. The standard InChI is InChI=1S/C25H28N6O2/c1-16-28-23(26)22-24(29-16)31(25(32)30-22)15-19-10-13-21(27-14-19)33-20-11-8-18(9-12-20)7-6-17-4-2-3-5-17/h8-14,17H,2-7,15H2,1H3,(H,30,32)(H2,26,28,29). The first-order chi connectivity index (χ1) is 16.0. The Kier molecular flexibility index (Phi) is 5.81. The number of nitrogen functional groups attached to an aromatic ring is 1. The average Bonchev–Trinajstić information content (AvgIpc) is 3.43. The van der Waals surface area contributed by atoms with Gasteiger partial charge in [0.25, 0.3) is 0 Å². The van der Waals surface area contributed by atoms with Gasteiger partial charge in [0.05, 0.1) is 6.54 Å². The molecule has 0 bridgehead atoms. The molecule has 170 valence electrons. The molecule has 0 spiro atoms. The average molecular weight is 445 g/mol. The van der Waals surface area contributed by atoms with Gasteiger partial charge in [-0.1, -0.05) is 43.9 Å². The molecule has 0 amide bonds. The van der Waals surface area contributed by atoms with Crippen LogP contribution in [0.25, 0.3) is 11.2 Å². The van der Waals surface area contributed by atoms with E-state index >= 15 is 0 Å². The zero-order chi connectivity index (χ0) is 22.8. The highest BCUT2D eigenvalue weighted by molar-refractivity contribution is 5.81. The maximum Gasteiger partial charge on any atom is 0.328 e. The lowest BCUT2D eigenvalue weighted by Crippen LogP contribution is -2.18. The summed E-state index contributed by atoms with van der Waals surface area (Å²) < 4.78 is 7.43. The van der Waals surface area contributed by atoms with Crippen LogP contribution in [0.15, 0.2) is 47.4 Å². The van der Waals surface area contributed by atoms with Crippen LogP contribution in [-0.4, -0.2) is 24.5 Å². The normalized spacial score (nSPS) is 14.2. The number of imidazole rings is 1. The smallest absolute Gasteiger partial charge is 0.328 e. The van der Waals surface area contributed by atoms with Crippen molar-refractivity contribution < 1.29 is 4.74 Å². The van der Waals surface area contributed by atoms with Gasteiger partial charge >= 0.3 is 5.69 Å². The van der Waals surface area contributed by atoms with Crippen molar-refractivity contribution in [3.05, 3.63) is 70.0 Å². The molecular formula is C25H28N6O2. The summed E-state index contributed by atoms with van der Waals surface area (Å²) in [5.41, 5.74) is 8.76. The van der Waals surface area contributed by atoms with Gasteiger partial charge < -0.3 is 15.5 Å². The summed E-state index contributed by atoms with van der Waals surface area (Å²) in [4.78, 5) is 28.0. The van der Waals surface area contributed by atoms with E-state index in [4.69, 9.17) is 10.5 Å². The lowest BCUT2D eigenvalue weighted by Gasteiger charge is -2.10. The molecule has 8 nitrogen and oxygen atoms in total. The molecule has 1 aromatic carbocycles. The number of benzene rings is 1. The predicted molar refractivity (Wildman–Crippen MR) is 127 cm³/mol. The number of ether oxygens (including phenoxy) is 1. The minimum Gasteiger partial charge on any atom is -0.439 e. The zero-order valence-electron chi connectivity index (χ0n) is 18.8. The molecule has 4 aromatic rings.